The van der Waals surface area contributed by atoms with Crippen molar-refractivity contribution in [2.75, 3.05) is 31.5 Å². The van der Waals surface area contributed by atoms with Crippen molar-refractivity contribution in [1.29, 1.82) is 0 Å². The number of benzene rings is 2. The number of nitrogens with one attached hydrogen (secondary N) is 2. The maximum absolute atomic E-state index is 12.7. The van der Waals surface area contributed by atoms with Crippen LogP contribution in [0.2, 0.25) is 0 Å². The van der Waals surface area contributed by atoms with Gasteiger partial charge in [-0.3, -0.25) is 9.59 Å². The molecule has 5 nitrogen and oxygen atoms in total. The third kappa shape index (κ3) is 7.16. The maximum atomic E-state index is 12.7. The average Bonchev–Trinajstić information content (AvgIpc) is 2.71. The molecule has 2 N–H and O–H groups in total. The van der Waals surface area contributed by atoms with Crippen LogP contribution in [-0.2, 0) is 11.2 Å². The number of hydrogen-bond donors (Lipinski definition) is 2. The van der Waals surface area contributed by atoms with Gasteiger partial charge in [-0.2, -0.15) is 0 Å². The van der Waals surface area contributed by atoms with E-state index in [0.717, 1.165) is 38.9 Å². The Balaban J connectivity index is 1.84. The summed E-state index contributed by atoms with van der Waals surface area (Å²) in [4.78, 5) is 26.8. The van der Waals surface area contributed by atoms with Crippen LogP contribution in [-0.4, -0.2) is 42.9 Å². The standard InChI is InChI=1S/C23H31N3O2/c1-3-15-26(16-4-2)23(28)20-11-8-12-21(17-20)25-22(27)18-24-14-13-19-9-6-5-7-10-19/h5-12,17,24H,3-4,13-16,18H2,1-2H3,(H,25,27). The molecule has 2 amide bonds. The Morgan fingerprint density at radius 2 is 1.64 bits per heavy atom. The second kappa shape index (κ2) is 11.9. The number of anilines is 1. The van der Waals surface area contributed by atoms with Crippen molar-refractivity contribution in [3.8, 4) is 0 Å². The minimum atomic E-state index is -0.114. The van der Waals surface area contributed by atoms with Crippen LogP contribution in [0.25, 0.3) is 0 Å². The zero-order valence-electron chi connectivity index (χ0n) is 16.9. The molecule has 0 unspecified atom stereocenters. The molecule has 0 radical (unpaired) electrons. The zero-order valence-corrected chi connectivity index (χ0v) is 16.9. The SMILES string of the molecule is CCCN(CCC)C(=O)c1cccc(NC(=O)CNCCc2ccccc2)c1. The molecule has 0 aliphatic heterocycles. The van der Waals surface area contributed by atoms with Gasteiger partial charge in [0.15, 0.2) is 0 Å². The van der Waals surface area contributed by atoms with Crippen LogP contribution in [0.5, 0.6) is 0 Å². The van der Waals surface area contributed by atoms with Gasteiger partial charge in [0.05, 0.1) is 6.54 Å². The summed E-state index contributed by atoms with van der Waals surface area (Å²) in [6.45, 7) is 6.60. The number of hydrogen-bond acceptors (Lipinski definition) is 3. The van der Waals surface area contributed by atoms with Crippen molar-refractivity contribution in [3.63, 3.8) is 0 Å². The van der Waals surface area contributed by atoms with Crippen molar-refractivity contribution in [2.24, 2.45) is 0 Å². The fourth-order valence-electron chi connectivity index (χ4n) is 3.05. The van der Waals surface area contributed by atoms with E-state index in [0.29, 0.717) is 11.3 Å². The van der Waals surface area contributed by atoms with Crippen LogP contribution in [0.1, 0.15) is 42.6 Å². The summed E-state index contributed by atoms with van der Waals surface area (Å²) in [5.41, 5.74) is 2.50. The minimum Gasteiger partial charge on any atom is -0.339 e. The highest BCUT2D eigenvalue weighted by molar-refractivity contribution is 5.97. The first-order chi connectivity index (χ1) is 13.6. The molecule has 2 rings (SSSR count). The van der Waals surface area contributed by atoms with Crippen LogP contribution in [0.4, 0.5) is 5.69 Å². The van der Waals surface area contributed by atoms with Crippen molar-refractivity contribution < 1.29 is 9.59 Å². The number of carbonyl (C=O) groups is 2. The van der Waals surface area contributed by atoms with Crippen LogP contribution in [0, 0.1) is 0 Å². The summed E-state index contributed by atoms with van der Waals surface area (Å²) in [6, 6.07) is 17.3. The van der Waals surface area contributed by atoms with Gasteiger partial charge in [0.1, 0.15) is 0 Å². The number of rotatable bonds is 11. The van der Waals surface area contributed by atoms with E-state index in [2.05, 4.69) is 36.6 Å². The van der Waals surface area contributed by atoms with Gasteiger partial charge in [0.25, 0.3) is 5.91 Å². The summed E-state index contributed by atoms with van der Waals surface area (Å²) < 4.78 is 0. The molecular weight excluding hydrogens is 350 g/mol. The third-order valence-electron chi connectivity index (χ3n) is 4.39. The highest BCUT2D eigenvalue weighted by Crippen LogP contribution is 2.13. The van der Waals surface area contributed by atoms with Crippen LogP contribution in [0.15, 0.2) is 54.6 Å². The molecule has 0 aliphatic carbocycles. The van der Waals surface area contributed by atoms with E-state index < -0.39 is 0 Å². The molecule has 0 aromatic heterocycles. The molecule has 0 heterocycles. The Bertz CT molecular complexity index is 741. The van der Waals surface area contributed by atoms with Crippen LogP contribution < -0.4 is 10.6 Å². The van der Waals surface area contributed by atoms with E-state index in [4.69, 9.17) is 0 Å². The van der Waals surface area contributed by atoms with E-state index >= 15 is 0 Å². The quantitative estimate of drug-likeness (QED) is 0.583. The second-order valence-electron chi connectivity index (χ2n) is 6.83. The Kier molecular flexibility index (Phi) is 9.22. The lowest BCUT2D eigenvalue weighted by Gasteiger charge is -2.21. The molecule has 0 spiro atoms. The predicted molar refractivity (Wildman–Crippen MR) is 115 cm³/mol. The largest absolute Gasteiger partial charge is 0.339 e. The van der Waals surface area contributed by atoms with E-state index in [1.54, 1.807) is 12.1 Å². The fraction of sp³-hybridized carbons (Fsp3) is 0.391. The van der Waals surface area contributed by atoms with Gasteiger partial charge in [-0.15, -0.1) is 0 Å². The average molecular weight is 382 g/mol. The van der Waals surface area contributed by atoms with E-state index in [9.17, 15) is 9.59 Å². The fourth-order valence-corrected chi connectivity index (χ4v) is 3.05. The molecule has 150 valence electrons. The number of nitrogens with zero attached hydrogens (tertiary/aromatic N) is 1. The zero-order chi connectivity index (χ0) is 20.2. The minimum absolute atomic E-state index is 0.0146. The maximum Gasteiger partial charge on any atom is 0.253 e. The highest BCUT2D eigenvalue weighted by atomic mass is 16.2. The number of carbonyl (C=O) groups excluding carboxylic acids is 2. The molecule has 5 heteroatoms. The third-order valence-corrected chi connectivity index (χ3v) is 4.39. The van der Waals surface area contributed by atoms with Crippen molar-refractivity contribution in [3.05, 3.63) is 65.7 Å². The molecule has 2 aromatic carbocycles. The molecule has 0 aliphatic rings. The number of amides is 2. The lowest BCUT2D eigenvalue weighted by atomic mass is 10.1. The Labute approximate surface area is 168 Å². The second-order valence-corrected chi connectivity index (χ2v) is 6.83. The van der Waals surface area contributed by atoms with Crippen molar-refractivity contribution in [1.82, 2.24) is 10.2 Å². The Morgan fingerprint density at radius 1 is 0.929 bits per heavy atom. The Morgan fingerprint density at radius 3 is 2.32 bits per heavy atom. The van der Waals surface area contributed by atoms with Gasteiger partial charge in [-0.1, -0.05) is 50.2 Å². The summed E-state index contributed by atoms with van der Waals surface area (Å²) in [5.74, 6) is -0.0996. The monoisotopic (exact) mass is 381 g/mol. The Hall–Kier alpha value is -2.66. The van der Waals surface area contributed by atoms with Gasteiger partial charge in [-0.05, 0) is 49.6 Å². The van der Waals surface area contributed by atoms with Crippen LogP contribution >= 0.6 is 0 Å². The van der Waals surface area contributed by atoms with Gasteiger partial charge in [0, 0.05) is 24.3 Å². The van der Waals surface area contributed by atoms with Gasteiger partial charge in [0.2, 0.25) is 5.91 Å². The molecule has 0 fully saturated rings. The van der Waals surface area contributed by atoms with Gasteiger partial charge in [-0.25, -0.2) is 0 Å². The summed E-state index contributed by atoms with van der Waals surface area (Å²) in [5, 5.41) is 6.02. The molecule has 0 saturated heterocycles. The topological polar surface area (TPSA) is 61.4 Å². The first-order valence-electron chi connectivity index (χ1n) is 10.1. The summed E-state index contributed by atoms with van der Waals surface area (Å²) in [6.07, 6.45) is 2.73. The normalized spacial score (nSPS) is 10.5. The molecule has 28 heavy (non-hydrogen) atoms. The van der Waals surface area contributed by atoms with Crippen molar-refractivity contribution >= 4 is 17.5 Å². The van der Waals surface area contributed by atoms with E-state index in [1.807, 2.05) is 35.2 Å². The summed E-state index contributed by atoms with van der Waals surface area (Å²) in [7, 11) is 0. The smallest absolute Gasteiger partial charge is 0.253 e. The molecule has 0 saturated carbocycles. The molecule has 2 aromatic rings. The van der Waals surface area contributed by atoms with E-state index in [1.165, 1.54) is 5.56 Å². The molecular formula is C23H31N3O2. The first kappa shape index (κ1) is 21.6. The molecule has 0 atom stereocenters. The van der Waals surface area contributed by atoms with Crippen molar-refractivity contribution in [2.45, 2.75) is 33.1 Å². The first-order valence-corrected chi connectivity index (χ1v) is 10.1. The lowest BCUT2D eigenvalue weighted by molar-refractivity contribution is -0.115. The predicted octanol–water partition coefficient (Wildman–Crippen LogP) is 3.72. The summed E-state index contributed by atoms with van der Waals surface area (Å²) >= 11 is 0. The van der Waals surface area contributed by atoms with Gasteiger partial charge >= 0.3 is 0 Å². The van der Waals surface area contributed by atoms with E-state index in [-0.39, 0.29) is 18.4 Å². The highest BCUT2D eigenvalue weighted by Gasteiger charge is 2.14. The lowest BCUT2D eigenvalue weighted by Crippen LogP contribution is -2.32. The molecule has 0 bridgehead atoms. The van der Waals surface area contributed by atoms with Gasteiger partial charge < -0.3 is 15.5 Å². The van der Waals surface area contributed by atoms with Crippen LogP contribution in [0.3, 0.4) is 0 Å².